The van der Waals surface area contributed by atoms with Gasteiger partial charge in [-0.15, -0.1) is 0 Å². The first-order chi connectivity index (χ1) is 12.6. The van der Waals surface area contributed by atoms with E-state index < -0.39 is 0 Å². The lowest BCUT2D eigenvalue weighted by molar-refractivity contribution is -0.125. The first kappa shape index (κ1) is 17.7. The van der Waals surface area contributed by atoms with Gasteiger partial charge in [0.25, 0.3) is 0 Å². The molecule has 0 aliphatic heterocycles. The summed E-state index contributed by atoms with van der Waals surface area (Å²) in [5, 5.41) is 5.64. The van der Waals surface area contributed by atoms with Crippen molar-refractivity contribution in [3.05, 3.63) is 48.3 Å². The third kappa shape index (κ3) is 4.11. The van der Waals surface area contributed by atoms with Gasteiger partial charge < -0.3 is 20.1 Å². The lowest BCUT2D eigenvalue weighted by Gasteiger charge is -2.11. The van der Waals surface area contributed by atoms with E-state index in [-0.39, 0.29) is 23.7 Å². The quantitative estimate of drug-likeness (QED) is 0.793. The number of carbonyl (C=O) groups excluding carboxylic acids is 2. The minimum atomic E-state index is -0.338. The molecule has 0 radical (unpaired) electrons. The number of benzene rings is 1. The molecule has 7 heteroatoms. The topological polar surface area (TPSA) is 89.5 Å². The molecule has 3 rings (SSSR count). The summed E-state index contributed by atoms with van der Waals surface area (Å²) >= 11 is 0. The Bertz CT molecular complexity index is 795. The van der Waals surface area contributed by atoms with Crippen LogP contribution in [0, 0.1) is 11.8 Å². The summed E-state index contributed by atoms with van der Waals surface area (Å²) in [6.45, 7) is 0.355. The number of hydrogen-bond donors (Lipinski definition) is 2. The van der Waals surface area contributed by atoms with Crippen LogP contribution >= 0.6 is 0 Å². The molecule has 1 aliphatic rings. The number of nitrogens with zero attached hydrogens (tertiary/aromatic N) is 1. The SMILES string of the molecule is COc1ccc(OC)c(NC(=O)C2CC2C(=O)NCc2ccccn2)c1. The molecule has 0 bridgehead atoms. The molecule has 2 aromatic rings. The Balaban J connectivity index is 1.55. The highest BCUT2D eigenvalue weighted by atomic mass is 16.5. The summed E-state index contributed by atoms with van der Waals surface area (Å²) in [7, 11) is 3.08. The Morgan fingerprint density at radius 2 is 1.92 bits per heavy atom. The van der Waals surface area contributed by atoms with Crippen LogP contribution in [0.2, 0.25) is 0 Å². The minimum absolute atomic E-state index is 0.131. The molecule has 1 fully saturated rings. The van der Waals surface area contributed by atoms with E-state index in [0.717, 1.165) is 5.69 Å². The van der Waals surface area contributed by atoms with Gasteiger partial charge in [-0.3, -0.25) is 14.6 Å². The van der Waals surface area contributed by atoms with Crippen LogP contribution in [-0.2, 0) is 16.1 Å². The fourth-order valence-electron chi connectivity index (χ4n) is 2.72. The number of hydrogen-bond acceptors (Lipinski definition) is 5. The fraction of sp³-hybridized carbons (Fsp3) is 0.316. The molecule has 26 heavy (non-hydrogen) atoms. The maximum absolute atomic E-state index is 12.4. The van der Waals surface area contributed by atoms with Crippen LogP contribution in [0.4, 0.5) is 5.69 Å². The predicted molar refractivity (Wildman–Crippen MR) is 95.9 cm³/mol. The summed E-state index contributed by atoms with van der Waals surface area (Å²) in [5.41, 5.74) is 1.31. The zero-order chi connectivity index (χ0) is 18.5. The maximum Gasteiger partial charge on any atom is 0.228 e. The van der Waals surface area contributed by atoms with Gasteiger partial charge in [0.2, 0.25) is 11.8 Å². The van der Waals surface area contributed by atoms with Crippen molar-refractivity contribution in [1.29, 1.82) is 0 Å². The highest BCUT2D eigenvalue weighted by molar-refractivity contribution is 6.00. The molecule has 2 atom stereocenters. The summed E-state index contributed by atoms with van der Waals surface area (Å²) in [5.74, 6) is 0.172. The van der Waals surface area contributed by atoms with Crippen LogP contribution in [-0.4, -0.2) is 31.0 Å². The van der Waals surface area contributed by atoms with Gasteiger partial charge in [0.15, 0.2) is 0 Å². The number of nitrogens with one attached hydrogen (secondary N) is 2. The van der Waals surface area contributed by atoms with Crippen LogP contribution in [0.25, 0.3) is 0 Å². The maximum atomic E-state index is 12.4. The van der Waals surface area contributed by atoms with Crippen molar-refractivity contribution >= 4 is 17.5 Å². The molecule has 1 aromatic heterocycles. The molecular weight excluding hydrogens is 334 g/mol. The van der Waals surface area contributed by atoms with Crippen LogP contribution in [0.3, 0.4) is 0 Å². The number of pyridine rings is 1. The average Bonchev–Trinajstić information content (AvgIpc) is 3.48. The second-order valence-corrected chi connectivity index (χ2v) is 6.04. The van der Waals surface area contributed by atoms with Crippen molar-refractivity contribution in [3.8, 4) is 11.5 Å². The van der Waals surface area contributed by atoms with Gasteiger partial charge in [-0.05, 0) is 30.7 Å². The van der Waals surface area contributed by atoms with E-state index in [1.165, 1.54) is 7.11 Å². The van der Waals surface area contributed by atoms with Crippen molar-refractivity contribution in [2.24, 2.45) is 11.8 Å². The summed E-state index contributed by atoms with van der Waals surface area (Å²) in [6, 6.07) is 10.7. The number of amides is 2. The highest BCUT2D eigenvalue weighted by Gasteiger charge is 2.48. The van der Waals surface area contributed by atoms with E-state index in [9.17, 15) is 9.59 Å². The molecule has 7 nitrogen and oxygen atoms in total. The predicted octanol–water partition coefficient (Wildman–Crippen LogP) is 1.99. The van der Waals surface area contributed by atoms with Gasteiger partial charge in [-0.1, -0.05) is 6.07 Å². The van der Waals surface area contributed by atoms with E-state index in [0.29, 0.717) is 30.2 Å². The number of anilines is 1. The summed E-state index contributed by atoms with van der Waals surface area (Å²) in [6.07, 6.45) is 2.21. The van der Waals surface area contributed by atoms with E-state index in [1.54, 1.807) is 31.5 Å². The molecule has 0 saturated heterocycles. The van der Waals surface area contributed by atoms with E-state index in [1.807, 2.05) is 18.2 Å². The summed E-state index contributed by atoms with van der Waals surface area (Å²) in [4.78, 5) is 28.8. The number of aromatic nitrogens is 1. The first-order valence-electron chi connectivity index (χ1n) is 8.33. The molecule has 1 saturated carbocycles. The molecule has 2 amide bonds. The Morgan fingerprint density at radius 1 is 1.12 bits per heavy atom. The van der Waals surface area contributed by atoms with Crippen LogP contribution in [0.1, 0.15) is 12.1 Å². The molecule has 1 aliphatic carbocycles. The van der Waals surface area contributed by atoms with E-state index in [4.69, 9.17) is 9.47 Å². The normalized spacial score (nSPS) is 17.9. The van der Waals surface area contributed by atoms with Gasteiger partial charge >= 0.3 is 0 Å². The second kappa shape index (κ2) is 7.86. The van der Waals surface area contributed by atoms with Crippen molar-refractivity contribution in [3.63, 3.8) is 0 Å². The number of rotatable bonds is 7. The van der Waals surface area contributed by atoms with Crippen LogP contribution < -0.4 is 20.1 Å². The summed E-state index contributed by atoms with van der Waals surface area (Å²) < 4.78 is 10.4. The Morgan fingerprint density at radius 3 is 2.62 bits per heavy atom. The van der Waals surface area contributed by atoms with Crippen molar-refractivity contribution in [2.75, 3.05) is 19.5 Å². The average molecular weight is 355 g/mol. The lowest BCUT2D eigenvalue weighted by atomic mass is 10.2. The molecule has 2 N–H and O–H groups in total. The zero-order valence-corrected chi connectivity index (χ0v) is 14.7. The molecular formula is C19H21N3O4. The van der Waals surface area contributed by atoms with Crippen molar-refractivity contribution < 1.29 is 19.1 Å². The third-order valence-electron chi connectivity index (χ3n) is 4.30. The monoisotopic (exact) mass is 355 g/mol. The minimum Gasteiger partial charge on any atom is -0.497 e. The zero-order valence-electron chi connectivity index (χ0n) is 14.7. The van der Waals surface area contributed by atoms with E-state index in [2.05, 4.69) is 15.6 Å². The number of methoxy groups -OCH3 is 2. The molecule has 1 aromatic carbocycles. The molecule has 136 valence electrons. The standard InChI is InChI=1S/C19H21N3O4/c1-25-13-6-7-17(26-2)16(9-13)22-19(24)15-10-14(15)18(23)21-11-12-5-3-4-8-20-12/h3-9,14-15H,10-11H2,1-2H3,(H,21,23)(H,22,24). The Kier molecular flexibility index (Phi) is 5.36. The lowest BCUT2D eigenvalue weighted by Crippen LogP contribution is -2.27. The Labute approximate surface area is 151 Å². The largest absolute Gasteiger partial charge is 0.497 e. The van der Waals surface area contributed by atoms with Gasteiger partial charge in [0.1, 0.15) is 11.5 Å². The van der Waals surface area contributed by atoms with Gasteiger partial charge in [0.05, 0.1) is 44.0 Å². The Hall–Kier alpha value is -3.09. The van der Waals surface area contributed by atoms with Gasteiger partial charge in [-0.25, -0.2) is 0 Å². The molecule has 2 unspecified atom stereocenters. The van der Waals surface area contributed by atoms with Crippen molar-refractivity contribution in [1.82, 2.24) is 10.3 Å². The van der Waals surface area contributed by atoms with Gasteiger partial charge in [-0.2, -0.15) is 0 Å². The fourth-order valence-corrected chi connectivity index (χ4v) is 2.72. The first-order valence-corrected chi connectivity index (χ1v) is 8.33. The highest BCUT2D eigenvalue weighted by Crippen LogP contribution is 2.40. The molecule has 1 heterocycles. The van der Waals surface area contributed by atoms with Gasteiger partial charge in [0, 0.05) is 12.3 Å². The molecule has 0 spiro atoms. The second-order valence-electron chi connectivity index (χ2n) is 6.04. The van der Waals surface area contributed by atoms with E-state index >= 15 is 0 Å². The van der Waals surface area contributed by atoms with Crippen LogP contribution in [0.5, 0.6) is 11.5 Å². The van der Waals surface area contributed by atoms with Crippen molar-refractivity contribution in [2.45, 2.75) is 13.0 Å². The van der Waals surface area contributed by atoms with Crippen LogP contribution in [0.15, 0.2) is 42.6 Å². The smallest absolute Gasteiger partial charge is 0.228 e. The number of ether oxygens (including phenoxy) is 2. The third-order valence-corrected chi connectivity index (χ3v) is 4.30. The number of carbonyl (C=O) groups is 2.